The summed E-state index contributed by atoms with van der Waals surface area (Å²) in [4.78, 5) is 12.1. The third kappa shape index (κ3) is 3.03. The van der Waals surface area contributed by atoms with Crippen LogP contribution in [0.1, 0.15) is 20.3 Å². The van der Waals surface area contributed by atoms with E-state index in [2.05, 4.69) is 16.3 Å². The third-order valence-corrected chi connectivity index (χ3v) is 3.08. The molecule has 1 aromatic heterocycles. The van der Waals surface area contributed by atoms with Gasteiger partial charge in [-0.05, 0) is 13.3 Å². The molecule has 0 bridgehead atoms. The van der Waals surface area contributed by atoms with Gasteiger partial charge in [0.1, 0.15) is 12.2 Å². The average molecular weight is 270 g/mol. The number of nitrogens with zero attached hydrogens (tertiary/aromatic N) is 2. The molecule has 0 saturated carbocycles. The molecule has 2 N–H and O–H groups in total. The summed E-state index contributed by atoms with van der Waals surface area (Å²) in [5.41, 5.74) is -0.799. The average Bonchev–Trinajstić information content (AvgIpc) is 2.38. The molecule has 0 radical (unpaired) electrons. The molecule has 1 heterocycles. The van der Waals surface area contributed by atoms with Gasteiger partial charge in [-0.15, -0.1) is 6.42 Å². The summed E-state index contributed by atoms with van der Waals surface area (Å²) < 4.78 is 1.14. The fourth-order valence-electron chi connectivity index (χ4n) is 1.32. The van der Waals surface area contributed by atoms with Crippen molar-refractivity contribution in [3.05, 3.63) is 21.6 Å². The van der Waals surface area contributed by atoms with Crippen LogP contribution in [0, 0.1) is 12.3 Å². The highest BCUT2D eigenvalue weighted by Crippen LogP contribution is 2.21. The van der Waals surface area contributed by atoms with Crippen molar-refractivity contribution in [2.45, 2.75) is 32.4 Å². The summed E-state index contributed by atoms with van der Waals surface area (Å²) >= 11 is 5.95. The first-order valence-corrected chi connectivity index (χ1v) is 5.93. The number of aliphatic hydroxyl groups excluding tert-OH is 1. The zero-order valence-corrected chi connectivity index (χ0v) is 11.2. The van der Waals surface area contributed by atoms with Gasteiger partial charge in [-0.25, -0.2) is 4.68 Å². The van der Waals surface area contributed by atoms with Gasteiger partial charge in [-0.3, -0.25) is 4.79 Å². The Bertz CT molecular complexity index is 515. The standard InChI is InChI=1S/C12H16ClN3O2/c1-4-6-16-11(18)10(9(13)7-14-16)15-12(3,5-2)8-17/h1,7,15,17H,5-6,8H2,2-3H3. The smallest absolute Gasteiger partial charge is 0.292 e. The lowest BCUT2D eigenvalue weighted by Crippen LogP contribution is -2.41. The number of terminal acetylenes is 1. The SMILES string of the molecule is C#CCn1ncc(Cl)c(NC(C)(CC)CO)c1=O. The zero-order chi connectivity index (χ0) is 13.8. The molecule has 0 aromatic carbocycles. The van der Waals surface area contributed by atoms with Gasteiger partial charge in [0, 0.05) is 0 Å². The molecular formula is C12H16ClN3O2. The van der Waals surface area contributed by atoms with Crippen molar-refractivity contribution in [3.8, 4) is 12.3 Å². The third-order valence-electron chi connectivity index (χ3n) is 2.79. The Kier molecular flexibility index (Phi) is 4.76. The first kappa shape index (κ1) is 14.6. The van der Waals surface area contributed by atoms with Crippen molar-refractivity contribution in [1.29, 1.82) is 0 Å². The van der Waals surface area contributed by atoms with Crippen LogP contribution in [-0.4, -0.2) is 27.0 Å². The van der Waals surface area contributed by atoms with Crippen LogP contribution in [0.4, 0.5) is 5.69 Å². The molecule has 1 atom stereocenters. The summed E-state index contributed by atoms with van der Waals surface area (Å²) in [7, 11) is 0. The fraction of sp³-hybridized carbons (Fsp3) is 0.500. The molecule has 1 aromatic rings. The quantitative estimate of drug-likeness (QED) is 0.786. The second kappa shape index (κ2) is 5.89. The topological polar surface area (TPSA) is 67.2 Å². The number of hydrogen-bond acceptors (Lipinski definition) is 4. The van der Waals surface area contributed by atoms with E-state index in [1.807, 2.05) is 6.92 Å². The lowest BCUT2D eigenvalue weighted by atomic mass is 10.00. The van der Waals surface area contributed by atoms with E-state index >= 15 is 0 Å². The van der Waals surface area contributed by atoms with Gasteiger partial charge in [-0.2, -0.15) is 5.10 Å². The van der Waals surface area contributed by atoms with Crippen molar-refractivity contribution in [2.75, 3.05) is 11.9 Å². The molecule has 1 unspecified atom stereocenters. The number of rotatable bonds is 5. The van der Waals surface area contributed by atoms with Crippen LogP contribution < -0.4 is 10.9 Å². The minimum atomic E-state index is -0.613. The maximum atomic E-state index is 12.1. The van der Waals surface area contributed by atoms with E-state index in [0.29, 0.717) is 6.42 Å². The van der Waals surface area contributed by atoms with Crippen LogP contribution in [0.2, 0.25) is 5.02 Å². The summed E-state index contributed by atoms with van der Waals surface area (Å²) in [6.45, 7) is 3.66. The van der Waals surface area contributed by atoms with Crippen LogP contribution >= 0.6 is 11.6 Å². The van der Waals surface area contributed by atoms with Gasteiger partial charge >= 0.3 is 0 Å². The molecule has 6 heteroatoms. The van der Waals surface area contributed by atoms with Crippen molar-refractivity contribution < 1.29 is 5.11 Å². The second-order valence-corrected chi connectivity index (χ2v) is 4.64. The van der Waals surface area contributed by atoms with Crippen molar-refractivity contribution in [2.24, 2.45) is 0 Å². The largest absolute Gasteiger partial charge is 0.394 e. The number of nitrogens with one attached hydrogen (secondary N) is 1. The zero-order valence-electron chi connectivity index (χ0n) is 10.4. The highest BCUT2D eigenvalue weighted by Gasteiger charge is 2.23. The Hall–Kier alpha value is -1.51. The van der Waals surface area contributed by atoms with Crippen molar-refractivity contribution in [3.63, 3.8) is 0 Å². The first-order valence-electron chi connectivity index (χ1n) is 5.55. The highest BCUT2D eigenvalue weighted by molar-refractivity contribution is 6.33. The molecule has 0 aliphatic carbocycles. The van der Waals surface area contributed by atoms with Gasteiger partial charge in [0.05, 0.1) is 23.4 Å². The molecule has 0 aliphatic heterocycles. The molecule has 0 amide bonds. The molecule has 0 spiro atoms. The van der Waals surface area contributed by atoms with Crippen LogP contribution in [-0.2, 0) is 6.54 Å². The van der Waals surface area contributed by atoms with Gasteiger partial charge in [0.25, 0.3) is 5.56 Å². The van der Waals surface area contributed by atoms with E-state index in [9.17, 15) is 9.90 Å². The van der Waals surface area contributed by atoms with E-state index < -0.39 is 11.1 Å². The number of hydrogen-bond donors (Lipinski definition) is 2. The van der Waals surface area contributed by atoms with Gasteiger partial charge < -0.3 is 10.4 Å². The van der Waals surface area contributed by atoms with Crippen LogP contribution in [0.15, 0.2) is 11.0 Å². The molecule has 0 fully saturated rings. The minimum absolute atomic E-state index is 0.0760. The monoisotopic (exact) mass is 269 g/mol. The van der Waals surface area contributed by atoms with Crippen LogP contribution in [0.3, 0.4) is 0 Å². The van der Waals surface area contributed by atoms with Crippen LogP contribution in [0.5, 0.6) is 0 Å². The van der Waals surface area contributed by atoms with E-state index in [-0.39, 0.29) is 23.9 Å². The van der Waals surface area contributed by atoms with E-state index in [0.717, 1.165) is 4.68 Å². The number of anilines is 1. The maximum absolute atomic E-state index is 12.1. The molecule has 1 rings (SSSR count). The Labute approximate surface area is 111 Å². The lowest BCUT2D eigenvalue weighted by Gasteiger charge is -2.28. The van der Waals surface area contributed by atoms with E-state index in [1.54, 1.807) is 6.92 Å². The molecule has 0 aliphatic rings. The normalized spacial score (nSPS) is 13.7. The molecule has 18 heavy (non-hydrogen) atoms. The number of aromatic nitrogens is 2. The molecular weight excluding hydrogens is 254 g/mol. The van der Waals surface area contributed by atoms with E-state index in [4.69, 9.17) is 18.0 Å². The van der Waals surface area contributed by atoms with Crippen molar-refractivity contribution >= 4 is 17.3 Å². The minimum Gasteiger partial charge on any atom is -0.394 e. The molecule has 98 valence electrons. The number of aliphatic hydroxyl groups is 1. The summed E-state index contributed by atoms with van der Waals surface area (Å²) in [6, 6.07) is 0. The predicted octanol–water partition coefficient (Wildman–Crippen LogP) is 1.10. The predicted molar refractivity (Wildman–Crippen MR) is 71.7 cm³/mol. The van der Waals surface area contributed by atoms with E-state index in [1.165, 1.54) is 6.20 Å². The fourth-order valence-corrected chi connectivity index (χ4v) is 1.49. The second-order valence-electron chi connectivity index (χ2n) is 4.23. The Balaban J connectivity index is 3.20. The Morgan fingerprint density at radius 3 is 2.89 bits per heavy atom. The Morgan fingerprint density at radius 1 is 1.72 bits per heavy atom. The molecule has 5 nitrogen and oxygen atoms in total. The Morgan fingerprint density at radius 2 is 2.39 bits per heavy atom. The maximum Gasteiger partial charge on any atom is 0.292 e. The summed E-state index contributed by atoms with van der Waals surface area (Å²) in [5, 5.41) is 16.4. The van der Waals surface area contributed by atoms with Gasteiger partial charge in [-0.1, -0.05) is 24.4 Å². The first-order chi connectivity index (χ1) is 8.47. The summed E-state index contributed by atoms with van der Waals surface area (Å²) in [5.74, 6) is 2.34. The number of halogens is 1. The highest BCUT2D eigenvalue weighted by atomic mass is 35.5. The lowest BCUT2D eigenvalue weighted by molar-refractivity contribution is 0.219. The molecule has 0 saturated heterocycles. The van der Waals surface area contributed by atoms with Crippen LogP contribution in [0.25, 0.3) is 0 Å². The summed E-state index contributed by atoms with van der Waals surface area (Å²) in [6.07, 6.45) is 7.15. The van der Waals surface area contributed by atoms with Crippen molar-refractivity contribution in [1.82, 2.24) is 9.78 Å². The van der Waals surface area contributed by atoms with Gasteiger partial charge in [0.2, 0.25) is 0 Å². The van der Waals surface area contributed by atoms with Gasteiger partial charge in [0.15, 0.2) is 0 Å².